The summed E-state index contributed by atoms with van der Waals surface area (Å²) >= 11 is 0. The van der Waals surface area contributed by atoms with Crippen molar-refractivity contribution < 1.29 is 43.3 Å². The lowest BCUT2D eigenvalue weighted by molar-refractivity contribution is -0.181. The number of hydrogen-bond donors (Lipinski definition) is 4. The Labute approximate surface area is 337 Å². The number of aromatic nitrogens is 1. The Morgan fingerprint density at radius 2 is 1.91 bits per heavy atom. The van der Waals surface area contributed by atoms with E-state index in [1.807, 2.05) is 29.4 Å². The third kappa shape index (κ3) is 6.59. The zero-order chi connectivity index (χ0) is 41.3. The summed E-state index contributed by atoms with van der Waals surface area (Å²) in [6.07, 6.45) is 10.1. The Hall–Kier alpha value is -4.40. The molecule has 1 saturated heterocycles. The van der Waals surface area contributed by atoms with Crippen molar-refractivity contribution in [2.75, 3.05) is 44.8 Å². The number of piperazine rings is 1. The highest BCUT2D eigenvalue weighted by atomic mass is 19.1. The second-order valence-corrected chi connectivity index (χ2v) is 18.0. The van der Waals surface area contributed by atoms with Crippen LogP contribution in [0.2, 0.25) is 0 Å². The lowest BCUT2D eigenvalue weighted by atomic mass is 9.46. The molecule has 4 saturated carbocycles. The fourth-order valence-electron chi connectivity index (χ4n) is 11.5. The van der Waals surface area contributed by atoms with Crippen LogP contribution in [0, 0.1) is 34.4 Å². The SMILES string of the molecule is COc1c(N2CCNC(C)C2)c(F)cc2c(=O)c(C(=O)NCCCC(=O)OCC(=O)[C@]3(O)CC[C@@H]4[C@H]5CCC6=CC(=O)C=C[C@@]6(C)[C@@H]5[C@H](O)C[C@]43C)cn(C3CC3)c12. The lowest BCUT2D eigenvalue weighted by Gasteiger charge is -2.59. The second-order valence-electron chi connectivity index (χ2n) is 18.0. The number of amides is 1. The smallest absolute Gasteiger partial charge is 0.306 e. The third-order valence-electron chi connectivity index (χ3n) is 14.6. The summed E-state index contributed by atoms with van der Waals surface area (Å²) < 4.78 is 28.8. The van der Waals surface area contributed by atoms with Gasteiger partial charge in [-0.05, 0) is 88.3 Å². The van der Waals surface area contributed by atoms with Crippen molar-refractivity contribution in [3.05, 3.63) is 57.7 Å². The van der Waals surface area contributed by atoms with Gasteiger partial charge in [0.25, 0.3) is 5.91 Å². The number of nitrogens with one attached hydrogen (secondary N) is 2. The molecule has 5 fully saturated rings. The number of nitrogens with zero attached hydrogens (tertiary/aromatic N) is 2. The van der Waals surface area contributed by atoms with Crippen LogP contribution < -0.4 is 25.7 Å². The predicted octanol–water partition coefficient (Wildman–Crippen LogP) is 3.91. The topological polar surface area (TPSA) is 176 Å². The Morgan fingerprint density at radius 3 is 2.64 bits per heavy atom. The van der Waals surface area contributed by atoms with Crippen LogP contribution >= 0.6 is 0 Å². The third-order valence-corrected chi connectivity index (χ3v) is 14.6. The number of pyridine rings is 1. The van der Waals surface area contributed by atoms with Crippen LogP contribution in [-0.2, 0) is 19.1 Å². The molecule has 1 aromatic heterocycles. The molecule has 8 rings (SSSR count). The van der Waals surface area contributed by atoms with Crippen molar-refractivity contribution in [2.45, 2.75) is 102 Å². The first-order chi connectivity index (χ1) is 27.6. The van der Waals surface area contributed by atoms with E-state index < -0.39 is 58.0 Å². The van der Waals surface area contributed by atoms with Gasteiger partial charge in [0.1, 0.15) is 16.9 Å². The average molecular weight is 803 g/mol. The van der Waals surface area contributed by atoms with Gasteiger partial charge in [0.15, 0.2) is 24.0 Å². The summed E-state index contributed by atoms with van der Waals surface area (Å²) in [6.45, 7) is 7.18. The number of anilines is 1. The molecule has 2 aromatic rings. The number of benzene rings is 1. The van der Waals surface area contributed by atoms with Crippen LogP contribution in [-0.4, -0.2) is 95.9 Å². The summed E-state index contributed by atoms with van der Waals surface area (Å²) in [5.41, 5.74) is -2.15. The minimum atomic E-state index is -1.78. The number of allylic oxidation sites excluding steroid dienone is 4. The number of aliphatic hydroxyl groups is 2. The van der Waals surface area contributed by atoms with E-state index in [-0.39, 0.29) is 84.5 Å². The number of Topliss-reactive ketones (excluding diaryl/α,β-unsaturated/α-hetero) is 1. The van der Waals surface area contributed by atoms with Crippen LogP contribution in [0.3, 0.4) is 0 Å². The maximum atomic E-state index is 15.8. The molecule has 5 aliphatic carbocycles. The zero-order valence-corrected chi connectivity index (χ0v) is 33.8. The van der Waals surface area contributed by atoms with Crippen molar-refractivity contribution in [2.24, 2.45) is 28.6 Å². The number of hydrogen-bond acceptors (Lipinski definition) is 11. The highest BCUT2D eigenvalue weighted by molar-refractivity contribution is 6.01. The average Bonchev–Trinajstić information content (AvgIpc) is 3.99. The molecule has 2 heterocycles. The van der Waals surface area contributed by atoms with Gasteiger partial charge in [-0.1, -0.05) is 25.5 Å². The molecule has 1 aromatic carbocycles. The summed E-state index contributed by atoms with van der Waals surface area (Å²) in [7, 11) is 1.46. The van der Waals surface area contributed by atoms with E-state index in [2.05, 4.69) is 17.6 Å². The molecule has 14 heteroatoms. The van der Waals surface area contributed by atoms with E-state index >= 15 is 4.39 Å². The first-order valence-corrected chi connectivity index (χ1v) is 20.9. The largest absolute Gasteiger partial charge is 0.492 e. The number of ketones is 2. The fraction of sp³-hybridized carbons (Fsp3) is 0.614. The predicted molar refractivity (Wildman–Crippen MR) is 213 cm³/mol. The Kier molecular flexibility index (Phi) is 10.4. The lowest BCUT2D eigenvalue weighted by Crippen LogP contribution is -2.61. The first kappa shape index (κ1) is 40.4. The zero-order valence-electron chi connectivity index (χ0n) is 33.8. The number of methoxy groups -OCH3 is 1. The maximum absolute atomic E-state index is 15.8. The summed E-state index contributed by atoms with van der Waals surface area (Å²) in [4.78, 5) is 67.7. The molecule has 1 aliphatic heterocycles. The van der Waals surface area contributed by atoms with Crippen LogP contribution in [0.25, 0.3) is 10.9 Å². The molecule has 8 atom stereocenters. The first-order valence-electron chi connectivity index (χ1n) is 20.9. The van der Waals surface area contributed by atoms with Crippen LogP contribution in [0.5, 0.6) is 5.75 Å². The number of fused-ring (bicyclic) bond motifs is 6. The van der Waals surface area contributed by atoms with Gasteiger partial charge in [-0.2, -0.15) is 0 Å². The molecule has 6 aliphatic rings. The summed E-state index contributed by atoms with van der Waals surface area (Å²) in [5.74, 6) is -2.43. The number of esters is 1. The quantitative estimate of drug-likeness (QED) is 0.192. The summed E-state index contributed by atoms with van der Waals surface area (Å²) in [6, 6.07) is 1.36. The van der Waals surface area contributed by atoms with Crippen molar-refractivity contribution in [1.82, 2.24) is 15.2 Å². The fourth-order valence-corrected chi connectivity index (χ4v) is 11.5. The van der Waals surface area contributed by atoms with E-state index in [1.54, 1.807) is 12.2 Å². The Morgan fingerprint density at radius 1 is 1.14 bits per heavy atom. The van der Waals surface area contributed by atoms with Gasteiger partial charge in [0.05, 0.1) is 24.1 Å². The minimum absolute atomic E-state index is 0.0283. The second kappa shape index (κ2) is 15.0. The summed E-state index contributed by atoms with van der Waals surface area (Å²) in [5, 5.41) is 29.7. The van der Waals surface area contributed by atoms with Gasteiger partial charge >= 0.3 is 5.97 Å². The molecular weight excluding hydrogens is 748 g/mol. The van der Waals surface area contributed by atoms with E-state index in [0.717, 1.165) is 24.8 Å². The number of carbonyl (C=O) groups is 4. The van der Waals surface area contributed by atoms with Crippen molar-refractivity contribution in [1.29, 1.82) is 0 Å². The van der Waals surface area contributed by atoms with Crippen molar-refractivity contribution >= 4 is 40.0 Å². The standard InChI is InChI=1S/C44H55FN4O9/c1-24-21-48(17-16-46-24)38-32(45)19-29-37(40(38)57-4)49(26-8-9-26)22-30(39(29)54)41(55)47-15-5-6-35(53)58-23-34(52)44(56)14-12-31-28-10-7-25-18-27(50)11-13-42(25,2)36(28)33(51)20-43(31,44)3/h11,13,18-19,22,24,26,28,31,33,36,46,51,56H,5-10,12,14-17,20-21,23H2,1-4H3,(H,47,55)/t24?,28-,31-,33-,36+,42-,43-,44-/m1/s1. The number of rotatable bonds is 11. The van der Waals surface area contributed by atoms with Gasteiger partial charge in [0, 0.05) is 67.6 Å². The van der Waals surface area contributed by atoms with Gasteiger partial charge in [-0.25, -0.2) is 4.39 Å². The van der Waals surface area contributed by atoms with E-state index in [1.165, 1.54) is 19.4 Å². The maximum Gasteiger partial charge on any atom is 0.306 e. The van der Waals surface area contributed by atoms with Gasteiger partial charge < -0.3 is 39.8 Å². The number of aliphatic hydroxyl groups excluding tert-OH is 1. The molecule has 0 radical (unpaired) electrons. The Balaban J connectivity index is 0.884. The molecular formula is C44H55FN4O9. The van der Waals surface area contributed by atoms with Gasteiger partial charge in [-0.15, -0.1) is 0 Å². The molecule has 312 valence electrons. The van der Waals surface area contributed by atoms with E-state index in [4.69, 9.17) is 9.47 Å². The van der Waals surface area contributed by atoms with Crippen LogP contribution in [0.1, 0.15) is 95.0 Å². The van der Waals surface area contributed by atoms with Crippen LogP contribution in [0.4, 0.5) is 10.1 Å². The van der Waals surface area contributed by atoms with Crippen molar-refractivity contribution in [3.8, 4) is 5.75 Å². The van der Waals surface area contributed by atoms with Crippen LogP contribution in [0.15, 0.2) is 40.9 Å². The molecule has 58 heavy (non-hydrogen) atoms. The number of ether oxygens (including phenoxy) is 2. The molecule has 0 bridgehead atoms. The minimum Gasteiger partial charge on any atom is -0.492 e. The van der Waals surface area contributed by atoms with Gasteiger partial charge in [0.2, 0.25) is 11.2 Å². The number of carbonyl (C=O) groups excluding carboxylic acids is 4. The molecule has 4 N–H and O–H groups in total. The molecule has 0 spiro atoms. The highest BCUT2D eigenvalue weighted by Gasteiger charge is 2.68. The Bertz CT molecular complexity index is 2180. The highest BCUT2D eigenvalue weighted by Crippen LogP contribution is 2.67. The molecule has 13 nitrogen and oxygen atoms in total. The number of halogens is 1. The molecule has 1 unspecified atom stereocenters. The molecule has 1 amide bonds. The van der Waals surface area contributed by atoms with Crippen molar-refractivity contribution in [3.63, 3.8) is 0 Å². The monoisotopic (exact) mass is 802 g/mol. The van der Waals surface area contributed by atoms with E-state index in [9.17, 15) is 34.2 Å². The normalized spacial score (nSPS) is 32.9. The van der Waals surface area contributed by atoms with E-state index in [0.29, 0.717) is 43.7 Å². The van der Waals surface area contributed by atoms with Gasteiger partial charge in [-0.3, -0.25) is 24.0 Å².